The number of hydrogen-bond acceptors (Lipinski definition) is 11. The van der Waals surface area contributed by atoms with Crippen molar-refractivity contribution in [3.8, 4) is 16.9 Å². The Hall–Kier alpha value is -6.03. The Morgan fingerprint density at radius 1 is 0.712 bits per heavy atom. The van der Waals surface area contributed by atoms with E-state index in [1.807, 2.05) is 12.3 Å². The van der Waals surface area contributed by atoms with E-state index in [4.69, 9.17) is 23.8 Å². The van der Waals surface area contributed by atoms with Crippen LogP contribution < -0.4 is 25.3 Å². The van der Waals surface area contributed by atoms with Gasteiger partial charge in [-0.25, -0.2) is 33.9 Å². The molecule has 1 aliphatic rings. The number of amides is 5. The van der Waals surface area contributed by atoms with E-state index in [-0.39, 0.29) is 24.2 Å². The summed E-state index contributed by atoms with van der Waals surface area (Å²) in [6, 6.07) is 15.9. The molecule has 4 rings (SSSR count). The normalized spacial score (nSPS) is 13.8. The number of aryl methyl sites for hydroxylation is 1. The van der Waals surface area contributed by atoms with Crippen molar-refractivity contribution in [1.82, 2.24) is 15.7 Å². The number of carbonyl (C=O) groups excluding carboxylic acids is 6. The van der Waals surface area contributed by atoms with Crippen LogP contribution in [-0.4, -0.2) is 83.0 Å². The van der Waals surface area contributed by atoms with Crippen molar-refractivity contribution in [1.29, 1.82) is 0 Å². The Bertz CT molecular complexity index is 1980. The van der Waals surface area contributed by atoms with Crippen molar-refractivity contribution in [3.63, 3.8) is 0 Å². The van der Waals surface area contributed by atoms with Crippen molar-refractivity contribution in [2.45, 2.75) is 111 Å². The van der Waals surface area contributed by atoms with Gasteiger partial charge in [0.15, 0.2) is 0 Å². The third-order valence-electron chi connectivity index (χ3n) is 8.23. The van der Waals surface area contributed by atoms with E-state index in [9.17, 15) is 28.8 Å². The van der Waals surface area contributed by atoms with Gasteiger partial charge in [0.1, 0.15) is 35.2 Å². The van der Waals surface area contributed by atoms with Crippen LogP contribution in [0.4, 0.5) is 15.4 Å². The first-order valence-corrected chi connectivity index (χ1v) is 19.4. The molecule has 1 aliphatic heterocycles. The molecule has 59 heavy (non-hydrogen) atoms. The highest BCUT2D eigenvalue weighted by Crippen LogP contribution is 2.26. The zero-order valence-corrected chi connectivity index (χ0v) is 35.4. The van der Waals surface area contributed by atoms with Crippen LogP contribution in [0.25, 0.3) is 11.1 Å². The zero-order valence-electron chi connectivity index (χ0n) is 35.4. The molecule has 5 amide bonds. The molecular weight excluding hydrogens is 762 g/mol. The maximum Gasteiger partial charge on any atom is 0.408 e. The molecule has 2 atom stereocenters. The fourth-order valence-corrected chi connectivity index (χ4v) is 5.63. The SMILES string of the molecule is C[n+]1cc(-c2ccc(OCC(ON3C(=O)c4ccccc4C3=O)C(=O)OC(C)(C)C)cc2)ccc1NC(=O)C(CCCCNC(=O)OC(C)(C)C)NC(=O)OC(C)(C)C. The third kappa shape index (κ3) is 14.1. The minimum absolute atomic E-state index is 0.165. The highest BCUT2D eigenvalue weighted by Gasteiger charge is 2.41. The van der Waals surface area contributed by atoms with Gasteiger partial charge in [-0.1, -0.05) is 24.3 Å². The maximum atomic E-state index is 13.5. The molecule has 0 saturated carbocycles. The van der Waals surface area contributed by atoms with Crippen LogP contribution in [0.1, 0.15) is 102 Å². The van der Waals surface area contributed by atoms with Gasteiger partial charge in [-0.05, 0) is 117 Å². The number of aromatic nitrogens is 1. The van der Waals surface area contributed by atoms with Crippen LogP contribution in [0.2, 0.25) is 0 Å². The Morgan fingerprint density at radius 2 is 1.27 bits per heavy atom. The van der Waals surface area contributed by atoms with Crippen molar-refractivity contribution >= 4 is 41.7 Å². The summed E-state index contributed by atoms with van der Waals surface area (Å²) in [6.07, 6.45) is 0.445. The quantitative estimate of drug-likeness (QED) is 0.0534. The summed E-state index contributed by atoms with van der Waals surface area (Å²) in [5, 5.41) is 8.81. The molecule has 318 valence electrons. The molecule has 2 unspecified atom stereocenters. The maximum absolute atomic E-state index is 13.5. The lowest BCUT2D eigenvalue weighted by Gasteiger charge is -2.26. The van der Waals surface area contributed by atoms with Crippen molar-refractivity contribution in [3.05, 3.63) is 78.0 Å². The Labute approximate surface area is 344 Å². The van der Waals surface area contributed by atoms with E-state index in [1.165, 1.54) is 12.1 Å². The molecule has 0 spiro atoms. The van der Waals surface area contributed by atoms with Crippen LogP contribution >= 0.6 is 0 Å². The minimum atomic E-state index is -1.45. The molecule has 3 aromatic rings. The van der Waals surface area contributed by atoms with E-state index < -0.39 is 64.8 Å². The second kappa shape index (κ2) is 19.1. The molecule has 0 bridgehead atoms. The summed E-state index contributed by atoms with van der Waals surface area (Å²) in [4.78, 5) is 82.8. The van der Waals surface area contributed by atoms with Crippen LogP contribution in [0.3, 0.4) is 0 Å². The standard InChI is InChI=1S/C43H55N5O11/c1-41(2,3)56-38(52)33(59-48-36(50)30-15-11-12-16-31(30)37(48)51)26-55-29-21-18-27(19-22-29)28-20-23-34(47(10)25-28)46-35(49)32(45-40(54)58-43(7,8)9)17-13-14-24-44-39(53)57-42(4,5)6/h11-12,15-16,18-23,25,32-33H,13-14,17,24,26H2,1-10H3,(H2,44,45,53,54)/p+1. The fourth-order valence-electron chi connectivity index (χ4n) is 5.63. The highest BCUT2D eigenvalue weighted by atomic mass is 16.7. The van der Waals surface area contributed by atoms with Crippen LogP contribution in [0.5, 0.6) is 5.75 Å². The second-order valence-corrected chi connectivity index (χ2v) is 16.9. The average Bonchev–Trinajstić information content (AvgIpc) is 3.36. The summed E-state index contributed by atoms with van der Waals surface area (Å²) in [5.74, 6) is -1.80. The molecule has 1 aromatic heterocycles. The third-order valence-corrected chi connectivity index (χ3v) is 8.23. The fraction of sp³-hybridized carbons (Fsp3) is 0.465. The molecule has 16 nitrogen and oxygen atoms in total. The number of hydrogen-bond donors (Lipinski definition) is 3. The lowest BCUT2D eigenvalue weighted by molar-refractivity contribution is -0.656. The molecular formula is C43H56N5O11+. The monoisotopic (exact) mass is 818 g/mol. The molecule has 2 heterocycles. The zero-order chi connectivity index (χ0) is 43.7. The lowest BCUT2D eigenvalue weighted by Crippen LogP contribution is -2.47. The first kappa shape index (κ1) is 45.7. The Morgan fingerprint density at radius 3 is 1.83 bits per heavy atom. The number of nitrogens with zero attached hydrogens (tertiary/aromatic N) is 2. The number of hydroxylamine groups is 2. The average molecular weight is 819 g/mol. The number of anilines is 1. The van der Waals surface area contributed by atoms with E-state index in [2.05, 4.69) is 16.0 Å². The van der Waals surface area contributed by atoms with Crippen molar-refractivity contribution in [2.75, 3.05) is 18.5 Å². The van der Waals surface area contributed by atoms with Gasteiger partial charge in [0.2, 0.25) is 6.10 Å². The van der Waals surface area contributed by atoms with Crippen LogP contribution in [-0.2, 0) is 35.7 Å². The van der Waals surface area contributed by atoms with Gasteiger partial charge in [-0.3, -0.25) is 9.59 Å². The number of imide groups is 1. The topological polar surface area (TPSA) is 192 Å². The Kier molecular flexibility index (Phi) is 14.8. The largest absolute Gasteiger partial charge is 0.490 e. The number of fused-ring (bicyclic) bond motifs is 1. The number of ether oxygens (including phenoxy) is 4. The van der Waals surface area contributed by atoms with E-state index in [0.717, 1.165) is 11.1 Å². The van der Waals surface area contributed by atoms with Gasteiger partial charge >= 0.3 is 24.1 Å². The van der Waals surface area contributed by atoms with Crippen LogP contribution in [0, 0.1) is 0 Å². The summed E-state index contributed by atoms with van der Waals surface area (Å²) >= 11 is 0. The van der Waals surface area contributed by atoms with Gasteiger partial charge in [0, 0.05) is 18.2 Å². The van der Waals surface area contributed by atoms with Gasteiger partial charge in [0.25, 0.3) is 17.6 Å². The van der Waals surface area contributed by atoms with Gasteiger partial charge in [0.05, 0.1) is 24.4 Å². The number of rotatable bonds is 15. The van der Waals surface area contributed by atoms with E-state index in [0.29, 0.717) is 36.0 Å². The molecule has 2 aromatic carbocycles. The summed E-state index contributed by atoms with van der Waals surface area (Å²) in [6.45, 7) is 15.5. The molecule has 0 aliphatic carbocycles. The number of unbranched alkanes of at least 4 members (excludes halogenated alkanes) is 1. The first-order chi connectivity index (χ1) is 27.5. The predicted octanol–water partition coefficient (Wildman–Crippen LogP) is 6.02. The van der Waals surface area contributed by atoms with Crippen molar-refractivity contribution < 1.29 is 57.1 Å². The van der Waals surface area contributed by atoms with Gasteiger partial charge in [-0.2, -0.15) is 0 Å². The number of benzene rings is 2. The van der Waals surface area contributed by atoms with Gasteiger partial charge < -0.3 is 29.6 Å². The summed E-state index contributed by atoms with van der Waals surface area (Å²) in [7, 11) is 1.76. The summed E-state index contributed by atoms with van der Waals surface area (Å²) in [5.41, 5.74) is -0.324. The molecule has 16 heteroatoms. The molecule has 0 saturated heterocycles. The first-order valence-electron chi connectivity index (χ1n) is 19.4. The van der Waals surface area contributed by atoms with E-state index in [1.54, 1.807) is 116 Å². The van der Waals surface area contributed by atoms with Crippen LogP contribution in [0.15, 0.2) is 66.9 Å². The second-order valence-electron chi connectivity index (χ2n) is 16.9. The smallest absolute Gasteiger partial charge is 0.408 e. The number of nitrogens with one attached hydrogen (secondary N) is 3. The Balaban J connectivity index is 1.39. The molecule has 0 radical (unpaired) electrons. The number of pyridine rings is 1. The molecule has 0 fully saturated rings. The minimum Gasteiger partial charge on any atom is -0.490 e. The van der Waals surface area contributed by atoms with Crippen molar-refractivity contribution in [2.24, 2.45) is 7.05 Å². The number of carbonyl (C=O) groups is 6. The summed E-state index contributed by atoms with van der Waals surface area (Å²) < 4.78 is 23.8. The highest BCUT2D eigenvalue weighted by molar-refractivity contribution is 6.20. The lowest BCUT2D eigenvalue weighted by atomic mass is 10.1. The predicted molar refractivity (Wildman–Crippen MR) is 216 cm³/mol. The number of alkyl carbamates (subject to hydrolysis) is 2. The van der Waals surface area contributed by atoms with Gasteiger partial charge in [-0.15, -0.1) is 5.06 Å². The van der Waals surface area contributed by atoms with E-state index >= 15 is 0 Å². The molecule has 3 N–H and O–H groups in total. The number of esters is 1.